The van der Waals surface area contributed by atoms with Gasteiger partial charge in [-0.25, -0.2) is 9.69 Å². The summed E-state index contributed by atoms with van der Waals surface area (Å²) >= 11 is 0. The van der Waals surface area contributed by atoms with Crippen LogP contribution in [0.2, 0.25) is 0 Å². The van der Waals surface area contributed by atoms with E-state index in [2.05, 4.69) is 0 Å². The Bertz CT molecular complexity index is 1620. The average molecular weight is 563 g/mol. The number of amides is 2. The van der Waals surface area contributed by atoms with Gasteiger partial charge in [0.15, 0.2) is 5.54 Å². The average Bonchev–Trinajstić information content (AvgIpc) is 3.39. The molecular weight excluding hydrogens is 532 g/mol. The number of para-hydroxylation sites is 1. The van der Waals surface area contributed by atoms with Gasteiger partial charge in [-0.05, 0) is 56.2 Å². The number of anilines is 1. The predicted octanol–water partition coefficient (Wildman–Crippen LogP) is 5.99. The molecule has 1 fully saturated rings. The van der Waals surface area contributed by atoms with E-state index in [1.54, 1.807) is 76.4 Å². The van der Waals surface area contributed by atoms with Gasteiger partial charge in [-0.2, -0.15) is 15.6 Å². The molecule has 3 aromatic rings. The maximum atomic E-state index is 14.8. The predicted molar refractivity (Wildman–Crippen MR) is 153 cm³/mol. The fourth-order valence-electron chi connectivity index (χ4n) is 6.12. The molecule has 0 bridgehead atoms. The zero-order chi connectivity index (χ0) is 30.2. The van der Waals surface area contributed by atoms with Crippen LogP contribution >= 0.6 is 0 Å². The molecule has 42 heavy (non-hydrogen) atoms. The number of rotatable bonds is 4. The first kappa shape index (κ1) is 28.6. The number of imide groups is 1. The summed E-state index contributed by atoms with van der Waals surface area (Å²) in [6, 6.07) is 26.1. The number of fused-ring (bicyclic) bond motifs is 2. The van der Waals surface area contributed by atoms with E-state index in [-0.39, 0.29) is 11.3 Å². The minimum atomic E-state index is -1.88. The van der Waals surface area contributed by atoms with Crippen LogP contribution in [0.15, 0.2) is 90.5 Å². The summed E-state index contributed by atoms with van der Waals surface area (Å²) in [5.74, 6) is -1.71. The molecule has 1 N–H and O–H groups in total. The Kier molecular flexibility index (Phi) is 7.34. The summed E-state index contributed by atoms with van der Waals surface area (Å²) in [5, 5.41) is 32.9. The molecule has 1 spiro atoms. The third-order valence-corrected chi connectivity index (χ3v) is 7.72. The lowest BCUT2D eigenvalue weighted by molar-refractivity contribution is -0.189. The van der Waals surface area contributed by atoms with E-state index < -0.39 is 41.0 Å². The molecule has 0 aliphatic carbocycles. The van der Waals surface area contributed by atoms with Gasteiger partial charge in [0.05, 0.1) is 18.8 Å². The van der Waals surface area contributed by atoms with E-state index >= 15 is 0 Å². The van der Waals surface area contributed by atoms with Crippen LogP contribution in [0.1, 0.15) is 49.4 Å². The molecule has 2 aliphatic heterocycles. The molecule has 5 rings (SSSR count). The number of carbonyl (C=O) groups is 2. The topological polar surface area (TPSA) is 127 Å². The molecule has 2 amide bonds. The highest BCUT2D eigenvalue weighted by atomic mass is 16.6. The van der Waals surface area contributed by atoms with Gasteiger partial charge < -0.3 is 14.7 Å². The van der Waals surface area contributed by atoms with Gasteiger partial charge in [-0.3, -0.25) is 4.79 Å². The maximum Gasteiger partial charge on any atom is 0.421 e. The highest BCUT2D eigenvalue weighted by Gasteiger charge is 2.69. The monoisotopic (exact) mass is 562 g/mol. The van der Waals surface area contributed by atoms with E-state index in [0.717, 1.165) is 15.5 Å². The van der Waals surface area contributed by atoms with Crippen LogP contribution in [0.5, 0.6) is 5.75 Å². The third kappa shape index (κ3) is 4.50. The zero-order valence-corrected chi connectivity index (χ0v) is 23.7. The summed E-state index contributed by atoms with van der Waals surface area (Å²) in [7, 11) is 1.55. The van der Waals surface area contributed by atoms with Crippen molar-refractivity contribution in [1.82, 2.24) is 5.06 Å². The van der Waals surface area contributed by atoms with Crippen LogP contribution in [0.4, 0.5) is 10.5 Å². The molecule has 1 saturated heterocycles. The van der Waals surface area contributed by atoms with Gasteiger partial charge in [0.25, 0.3) is 5.91 Å². The Balaban J connectivity index is 1.83. The number of nitrogens with zero attached hydrogens (tertiary/aromatic N) is 4. The van der Waals surface area contributed by atoms with Gasteiger partial charge in [0.2, 0.25) is 0 Å². The van der Waals surface area contributed by atoms with Crippen molar-refractivity contribution in [2.45, 2.75) is 43.9 Å². The lowest BCUT2D eigenvalue weighted by Crippen LogP contribution is -2.53. The number of allylic oxidation sites excluding steroid dienone is 1. The SMILES string of the molecule is COc1ccc([C@H]2[C@H](c3ccccc3)[C@@H](C=C(C#N)C#N)[C@]3(C(=O)N(C(=O)OC(C)(C)C)c4ccccc43)N2O)cc1. The van der Waals surface area contributed by atoms with Crippen molar-refractivity contribution < 1.29 is 24.3 Å². The van der Waals surface area contributed by atoms with Crippen molar-refractivity contribution in [3.8, 4) is 17.9 Å². The number of nitriles is 2. The van der Waals surface area contributed by atoms with Crippen LogP contribution in [0.25, 0.3) is 0 Å². The first-order chi connectivity index (χ1) is 20.1. The van der Waals surface area contributed by atoms with Gasteiger partial charge in [-0.1, -0.05) is 60.7 Å². The summed E-state index contributed by atoms with van der Waals surface area (Å²) in [6.07, 6.45) is 0.551. The fourth-order valence-corrected chi connectivity index (χ4v) is 6.12. The maximum absolute atomic E-state index is 14.8. The molecular formula is C33H30N4O5. The lowest BCUT2D eigenvalue weighted by Gasteiger charge is -2.35. The van der Waals surface area contributed by atoms with E-state index in [9.17, 15) is 25.3 Å². The van der Waals surface area contributed by atoms with Crippen LogP contribution < -0.4 is 9.64 Å². The number of hydrogen-bond donors (Lipinski definition) is 1. The number of hydrogen-bond acceptors (Lipinski definition) is 8. The second-order valence-electron chi connectivity index (χ2n) is 11.2. The van der Waals surface area contributed by atoms with Gasteiger partial charge >= 0.3 is 6.09 Å². The van der Waals surface area contributed by atoms with Gasteiger partial charge in [-0.15, -0.1) is 0 Å². The third-order valence-electron chi connectivity index (χ3n) is 7.72. The Morgan fingerprint density at radius 2 is 1.57 bits per heavy atom. The fraction of sp³-hybridized carbons (Fsp3) is 0.273. The minimum absolute atomic E-state index is 0.218. The quantitative estimate of drug-likeness (QED) is 0.384. The normalized spacial score (nSPS) is 23.2. The minimum Gasteiger partial charge on any atom is -0.497 e. The van der Waals surface area contributed by atoms with E-state index in [1.807, 2.05) is 42.5 Å². The van der Waals surface area contributed by atoms with Gasteiger partial charge in [0.1, 0.15) is 29.1 Å². The molecule has 3 aromatic carbocycles. The summed E-state index contributed by atoms with van der Waals surface area (Å²) in [5.41, 5.74) is -0.945. The Hall–Kier alpha value is -4.96. The number of benzene rings is 3. The number of ether oxygens (including phenoxy) is 2. The second kappa shape index (κ2) is 10.8. The molecule has 9 nitrogen and oxygen atoms in total. The number of methoxy groups -OCH3 is 1. The standard InChI is InChI=1S/C33H30N4O5/c1-32(2,3)42-31(39)36-27-13-9-8-12-25(27)33(30(36)38)26(18-21(19-34)20-35)28(22-10-6-5-7-11-22)29(37(33)40)23-14-16-24(41-4)17-15-23/h5-18,26,28-29,40H,1-4H3/t26-,28-,29+,33-/m1/s1. The van der Waals surface area contributed by atoms with Crippen molar-refractivity contribution in [2.75, 3.05) is 12.0 Å². The number of carbonyl (C=O) groups excluding carboxylic acids is 2. The largest absolute Gasteiger partial charge is 0.497 e. The second-order valence-corrected chi connectivity index (χ2v) is 11.2. The highest BCUT2D eigenvalue weighted by Crippen LogP contribution is 2.63. The smallest absolute Gasteiger partial charge is 0.421 e. The van der Waals surface area contributed by atoms with Crippen LogP contribution in [-0.4, -0.2) is 35.0 Å². The van der Waals surface area contributed by atoms with Crippen LogP contribution in [-0.2, 0) is 15.1 Å². The summed E-state index contributed by atoms with van der Waals surface area (Å²) in [6.45, 7) is 5.09. The molecule has 4 atom stereocenters. The van der Waals surface area contributed by atoms with Crippen LogP contribution in [0, 0.1) is 28.6 Å². The van der Waals surface area contributed by atoms with Crippen molar-refractivity contribution in [3.05, 3.63) is 107 Å². The Morgan fingerprint density at radius 3 is 2.17 bits per heavy atom. The van der Waals surface area contributed by atoms with Crippen molar-refractivity contribution in [2.24, 2.45) is 5.92 Å². The Morgan fingerprint density at radius 1 is 0.952 bits per heavy atom. The Labute approximate surface area is 244 Å². The molecule has 0 aromatic heterocycles. The highest BCUT2D eigenvalue weighted by molar-refractivity contribution is 6.21. The van der Waals surface area contributed by atoms with E-state index in [0.29, 0.717) is 16.9 Å². The first-order valence-electron chi connectivity index (χ1n) is 13.4. The molecule has 2 heterocycles. The summed E-state index contributed by atoms with van der Waals surface area (Å²) < 4.78 is 11.0. The van der Waals surface area contributed by atoms with Crippen molar-refractivity contribution in [1.29, 1.82) is 10.5 Å². The summed E-state index contributed by atoms with van der Waals surface area (Å²) in [4.78, 5) is 29.2. The molecule has 9 heteroatoms. The van der Waals surface area contributed by atoms with Crippen LogP contribution in [0.3, 0.4) is 0 Å². The zero-order valence-electron chi connectivity index (χ0n) is 23.7. The molecule has 0 saturated carbocycles. The molecule has 212 valence electrons. The number of hydroxylamine groups is 2. The van der Waals surface area contributed by atoms with Crippen molar-refractivity contribution >= 4 is 17.7 Å². The van der Waals surface area contributed by atoms with Crippen molar-refractivity contribution in [3.63, 3.8) is 0 Å². The first-order valence-corrected chi connectivity index (χ1v) is 13.4. The molecule has 0 radical (unpaired) electrons. The molecule has 2 aliphatic rings. The van der Waals surface area contributed by atoms with E-state index in [1.165, 1.54) is 6.08 Å². The lowest BCUT2D eigenvalue weighted by atomic mass is 9.71. The molecule has 0 unspecified atom stereocenters. The van der Waals surface area contributed by atoms with E-state index in [4.69, 9.17) is 9.47 Å². The van der Waals surface area contributed by atoms with Gasteiger partial charge in [0, 0.05) is 17.4 Å².